The van der Waals surface area contributed by atoms with Crippen molar-refractivity contribution >= 4 is 56.5 Å². The minimum Gasteiger partial charge on any atom is -0.497 e. The number of halogens is 3. The quantitative estimate of drug-likeness (QED) is 0.373. The van der Waals surface area contributed by atoms with Crippen LogP contribution in [-0.4, -0.2) is 18.8 Å². The zero-order chi connectivity index (χ0) is 22.3. The zero-order valence-corrected chi connectivity index (χ0v) is 19.9. The Morgan fingerprint density at radius 2 is 1.74 bits per heavy atom. The van der Waals surface area contributed by atoms with Crippen LogP contribution in [0.4, 0.5) is 5.69 Å². The number of Topliss-reactive ketones (excluding diaryl/α,β-unsaturated/α-hetero) is 1. The lowest BCUT2D eigenvalue weighted by molar-refractivity contribution is -0.122. The Balaban J connectivity index is 1.90. The summed E-state index contributed by atoms with van der Waals surface area (Å²) in [5.41, 5.74) is 0.732. The van der Waals surface area contributed by atoms with E-state index in [4.69, 9.17) is 27.9 Å². The summed E-state index contributed by atoms with van der Waals surface area (Å²) < 4.78 is 6.12. The molecule has 4 rings (SSSR count). The molecule has 1 aliphatic rings. The molecule has 4 nitrogen and oxygen atoms in total. The van der Waals surface area contributed by atoms with Gasteiger partial charge in [0.15, 0.2) is 5.78 Å². The number of fused-ring (bicyclic) bond motifs is 1. The number of ketones is 1. The van der Waals surface area contributed by atoms with E-state index >= 15 is 0 Å². The molecule has 0 aromatic heterocycles. The highest BCUT2D eigenvalue weighted by atomic mass is 79.9. The second kappa shape index (κ2) is 8.30. The number of amides is 1. The Morgan fingerprint density at radius 3 is 2.39 bits per heavy atom. The van der Waals surface area contributed by atoms with E-state index in [1.807, 2.05) is 24.3 Å². The van der Waals surface area contributed by atoms with Gasteiger partial charge >= 0.3 is 0 Å². The van der Waals surface area contributed by atoms with Crippen molar-refractivity contribution in [3.8, 4) is 5.75 Å². The van der Waals surface area contributed by atoms with Gasteiger partial charge in [-0.3, -0.25) is 9.59 Å². The Morgan fingerprint density at radius 1 is 1.03 bits per heavy atom. The van der Waals surface area contributed by atoms with Gasteiger partial charge in [0.1, 0.15) is 11.2 Å². The molecule has 3 aromatic rings. The van der Waals surface area contributed by atoms with Gasteiger partial charge in [-0.15, -0.1) is 0 Å². The molecule has 31 heavy (non-hydrogen) atoms. The molecule has 158 valence electrons. The second-order valence-corrected chi connectivity index (χ2v) is 9.24. The summed E-state index contributed by atoms with van der Waals surface area (Å²) >= 11 is 16.2. The van der Waals surface area contributed by atoms with E-state index in [0.29, 0.717) is 27.6 Å². The molecule has 0 fully saturated rings. The highest BCUT2D eigenvalue weighted by Gasteiger charge is 2.51. The fourth-order valence-corrected chi connectivity index (χ4v) is 4.89. The van der Waals surface area contributed by atoms with Crippen molar-refractivity contribution in [1.29, 1.82) is 0 Å². The van der Waals surface area contributed by atoms with Crippen molar-refractivity contribution in [2.75, 3.05) is 12.0 Å². The maximum absolute atomic E-state index is 13.9. The minimum absolute atomic E-state index is 0.221. The summed E-state index contributed by atoms with van der Waals surface area (Å²) in [7, 11) is 1.56. The summed E-state index contributed by atoms with van der Waals surface area (Å²) in [4.78, 5) is 29.1. The third-order valence-corrected chi connectivity index (χ3v) is 6.59. The number of ether oxygens (including phenoxy) is 1. The normalized spacial score (nSPS) is 18.2. The van der Waals surface area contributed by atoms with Crippen molar-refractivity contribution in [3.63, 3.8) is 0 Å². The molecule has 3 aromatic carbocycles. The van der Waals surface area contributed by atoms with Gasteiger partial charge in [-0.25, -0.2) is 0 Å². The van der Waals surface area contributed by atoms with Crippen molar-refractivity contribution in [1.82, 2.24) is 0 Å². The lowest BCUT2D eigenvalue weighted by atomic mass is 9.72. The van der Waals surface area contributed by atoms with Crippen LogP contribution < -0.4 is 9.64 Å². The number of anilines is 1. The second-order valence-electron chi connectivity index (χ2n) is 7.49. The van der Waals surface area contributed by atoms with Crippen molar-refractivity contribution < 1.29 is 14.3 Å². The van der Waals surface area contributed by atoms with Crippen LogP contribution >= 0.6 is 39.1 Å². The maximum atomic E-state index is 13.9. The number of methoxy groups -OCH3 is 1. The van der Waals surface area contributed by atoms with Crippen LogP contribution in [0.3, 0.4) is 0 Å². The van der Waals surface area contributed by atoms with Crippen molar-refractivity contribution in [2.24, 2.45) is 0 Å². The largest absolute Gasteiger partial charge is 0.497 e. The Labute approximate surface area is 198 Å². The fourth-order valence-electron chi connectivity index (χ4n) is 3.88. The molecule has 1 heterocycles. The highest BCUT2D eigenvalue weighted by molar-refractivity contribution is 9.10. The summed E-state index contributed by atoms with van der Waals surface area (Å²) in [5, 5.41) is 0.579. The highest BCUT2D eigenvalue weighted by Crippen LogP contribution is 2.44. The topological polar surface area (TPSA) is 46.6 Å². The molecule has 0 spiro atoms. The Bertz CT molecular complexity index is 1200. The van der Waals surface area contributed by atoms with E-state index in [0.717, 1.165) is 10.0 Å². The number of carbonyl (C=O) groups excluding carboxylic acids is 2. The van der Waals surface area contributed by atoms with Crippen LogP contribution in [0.5, 0.6) is 5.75 Å². The van der Waals surface area contributed by atoms with Crippen LogP contribution in [-0.2, 0) is 16.8 Å². The van der Waals surface area contributed by atoms with Gasteiger partial charge in [0, 0.05) is 9.50 Å². The zero-order valence-electron chi connectivity index (χ0n) is 16.8. The molecular weight excluding hydrogens is 501 g/mol. The minimum atomic E-state index is -1.44. The summed E-state index contributed by atoms with van der Waals surface area (Å²) in [6.07, 6.45) is 0. The first kappa shape index (κ1) is 21.9. The third-order valence-electron chi connectivity index (χ3n) is 5.58. The number of nitrogens with zero attached hydrogens (tertiary/aromatic N) is 1. The number of hydrogen-bond acceptors (Lipinski definition) is 3. The van der Waals surface area contributed by atoms with Gasteiger partial charge in [-0.05, 0) is 54.4 Å². The maximum Gasteiger partial charge on any atom is 0.245 e. The fraction of sp³-hybridized carbons (Fsp3) is 0.167. The van der Waals surface area contributed by atoms with Crippen molar-refractivity contribution in [2.45, 2.75) is 18.9 Å². The van der Waals surface area contributed by atoms with Crippen LogP contribution in [0.1, 0.15) is 28.4 Å². The summed E-state index contributed by atoms with van der Waals surface area (Å²) in [5.74, 6) is -0.0578. The van der Waals surface area contributed by atoms with Gasteiger partial charge in [-0.2, -0.15) is 0 Å². The monoisotopic (exact) mass is 517 g/mol. The summed E-state index contributed by atoms with van der Waals surface area (Å²) in [6, 6.07) is 17.7. The van der Waals surface area contributed by atoms with Gasteiger partial charge < -0.3 is 9.64 Å². The van der Waals surface area contributed by atoms with Crippen LogP contribution in [0.15, 0.2) is 65.1 Å². The van der Waals surface area contributed by atoms with Gasteiger partial charge in [-0.1, -0.05) is 63.4 Å². The van der Waals surface area contributed by atoms with E-state index in [-0.39, 0.29) is 23.3 Å². The predicted molar refractivity (Wildman–Crippen MR) is 126 cm³/mol. The number of hydrogen-bond donors (Lipinski definition) is 0. The molecule has 0 N–H and O–H groups in total. The molecule has 1 unspecified atom stereocenters. The lowest BCUT2D eigenvalue weighted by Gasteiger charge is -2.40. The molecule has 0 aliphatic carbocycles. The van der Waals surface area contributed by atoms with Gasteiger partial charge in [0.25, 0.3) is 0 Å². The number of carbonyl (C=O) groups is 2. The molecule has 1 atom stereocenters. The average Bonchev–Trinajstić information content (AvgIpc) is 2.75. The molecule has 0 saturated carbocycles. The first-order chi connectivity index (χ1) is 14.8. The summed E-state index contributed by atoms with van der Waals surface area (Å²) in [6.45, 7) is 1.90. The molecule has 1 aliphatic heterocycles. The van der Waals surface area contributed by atoms with E-state index in [2.05, 4.69) is 15.9 Å². The van der Waals surface area contributed by atoms with E-state index in [1.165, 1.54) is 6.07 Å². The van der Waals surface area contributed by atoms with Crippen LogP contribution in [0.25, 0.3) is 0 Å². The van der Waals surface area contributed by atoms with E-state index in [1.54, 1.807) is 49.3 Å². The number of rotatable bonds is 4. The smallest absolute Gasteiger partial charge is 0.245 e. The lowest BCUT2D eigenvalue weighted by Crippen LogP contribution is -2.54. The molecular formula is C24H18BrCl2NO3. The number of benzene rings is 3. The predicted octanol–water partition coefficient (Wildman–Crippen LogP) is 6.45. The van der Waals surface area contributed by atoms with Gasteiger partial charge in [0.2, 0.25) is 5.91 Å². The standard InChI is InChI=1S/C24H18BrCl2NO3/c1-24(15-6-8-18(31-2)9-7-15)22(29)21-19(27)11-17(26)12-20(21)28(23(24)30)13-14-4-3-5-16(25)10-14/h3-12H,13H2,1-2H3. The first-order valence-corrected chi connectivity index (χ1v) is 11.1. The van der Waals surface area contributed by atoms with Crippen LogP contribution in [0, 0.1) is 0 Å². The van der Waals surface area contributed by atoms with E-state index < -0.39 is 5.41 Å². The Hall–Kier alpha value is -2.34. The van der Waals surface area contributed by atoms with E-state index in [9.17, 15) is 9.59 Å². The van der Waals surface area contributed by atoms with Crippen LogP contribution in [0.2, 0.25) is 10.0 Å². The molecule has 0 bridgehead atoms. The molecule has 1 amide bonds. The SMILES string of the molecule is COc1ccc(C2(C)C(=O)c3c(Cl)cc(Cl)cc3N(Cc3cccc(Br)c3)C2=O)cc1. The van der Waals surface area contributed by atoms with Crippen molar-refractivity contribution in [3.05, 3.63) is 91.9 Å². The molecule has 0 radical (unpaired) electrons. The average molecular weight is 519 g/mol. The molecule has 0 saturated heterocycles. The third kappa shape index (κ3) is 3.75. The Kier molecular flexibility index (Phi) is 5.86. The first-order valence-electron chi connectivity index (χ1n) is 9.50. The molecule has 7 heteroatoms. The van der Waals surface area contributed by atoms with Gasteiger partial charge in [0.05, 0.1) is 29.9 Å².